The van der Waals surface area contributed by atoms with Crippen molar-refractivity contribution in [1.29, 1.82) is 0 Å². The Morgan fingerprint density at radius 1 is 1.06 bits per heavy atom. The minimum atomic E-state index is -0.595. The molecule has 1 aromatic heterocycles. The highest BCUT2D eigenvalue weighted by atomic mass is 16.5. The molecule has 7 nitrogen and oxygen atoms in total. The van der Waals surface area contributed by atoms with Gasteiger partial charge in [-0.25, -0.2) is 0 Å². The van der Waals surface area contributed by atoms with Gasteiger partial charge in [-0.05, 0) is 62.9 Å². The lowest BCUT2D eigenvalue weighted by Crippen LogP contribution is -2.36. The van der Waals surface area contributed by atoms with Crippen LogP contribution in [0.25, 0.3) is 11.0 Å². The van der Waals surface area contributed by atoms with Crippen LogP contribution in [0.3, 0.4) is 0 Å². The van der Waals surface area contributed by atoms with Crippen molar-refractivity contribution < 1.29 is 23.4 Å². The molecule has 2 atom stereocenters. The molecule has 0 N–H and O–H groups in total. The predicted molar refractivity (Wildman–Crippen MR) is 132 cm³/mol. The Bertz CT molecular complexity index is 1310. The van der Waals surface area contributed by atoms with Gasteiger partial charge in [-0.15, -0.1) is 0 Å². The van der Waals surface area contributed by atoms with E-state index in [1.807, 2.05) is 51.1 Å². The fourth-order valence-electron chi connectivity index (χ4n) is 4.97. The van der Waals surface area contributed by atoms with Crippen LogP contribution in [0.1, 0.15) is 66.4 Å². The minimum Gasteiger partial charge on any atom is -0.490 e. The smallest absolute Gasteiger partial charge is 0.291 e. The van der Waals surface area contributed by atoms with E-state index in [9.17, 15) is 9.59 Å². The topological polar surface area (TPSA) is 78.2 Å². The molecule has 2 aliphatic heterocycles. The van der Waals surface area contributed by atoms with Crippen LogP contribution in [0.4, 0.5) is 0 Å². The molecule has 3 aromatic rings. The van der Waals surface area contributed by atoms with Crippen LogP contribution in [0.15, 0.2) is 45.6 Å². The summed E-state index contributed by atoms with van der Waals surface area (Å²) in [5.74, 6) is 1.06. The number of carbonyl (C=O) groups excluding carboxylic acids is 1. The quantitative estimate of drug-likeness (QED) is 0.454. The van der Waals surface area contributed by atoms with E-state index in [2.05, 4.69) is 0 Å². The fraction of sp³-hybridized carbons (Fsp3) is 0.429. The molecule has 184 valence electrons. The third kappa shape index (κ3) is 4.29. The lowest BCUT2D eigenvalue weighted by Gasteiger charge is -2.28. The van der Waals surface area contributed by atoms with Gasteiger partial charge < -0.3 is 23.5 Å². The van der Waals surface area contributed by atoms with Crippen molar-refractivity contribution in [3.8, 4) is 11.5 Å². The van der Waals surface area contributed by atoms with Crippen molar-refractivity contribution in [3.05, 3.63) is 69.1 Å². The van der Waals surface area contributed by atoms with Gasteiger partial charge in [-0.1, -0.05) is 24.6 Å². The lowest BCUT2D eigenvalue weighted by molar-refractivity contribution is 0.0486. The molecule has 1 saturated heterocycles. The largest absolute Gasteiger partial charge is 0.490 e. The van der Waals surface area contributed by atoms with Crippen molar-refractivity contribution in [3.63, 3.8) is 0 Å². The normalized spacial score (nSPS) is 19.4. The molecule has 5 rings (SSSR count). The summed E-state index contributed by atoms with van der Waals surface area (Å²) in [7, 11) is 0. The minimum absolute atomic E-state index is 0.0685. The van der Waals surface area contributed by atoms with Gasteiger partial charge in [0.25, 0.3) is 5.91 Å². The monoisotopic (exact) mass is 477 g/mol. The highest BCUT2D eigenvalue weighted by Crippen LogP contribution is 2.41. The molecule has 0 saturated carbocycles. The predicted octanol–water partition coefficient (Wildman–Crippen LogP) is 5.01. The SMILES string of the molecule is CCCOc1ccc(C2c3c(oc4ccc(C)cc4c3=O)C(=O)N2CC2CCCO2)cc1OCC. The Hall–Kier alpha value is -3.32. The highest BCUT2D eigenvalue weighted by Gasteiger charge is 2.44. The Labute approximate surface area is 204 Å². The van der Waals surface area contributed by atoms with Crippen molar-refractivity contribution in [2.45, 2.75) is 52.2 Å². The van der Waals surface area contributed by atoms with Crippen LogP contribution in [-0.4, -0.2) is 43.3 Å². The summed E-state index contributed by atoms with van der Waals surface area (Å²) in [4.78, 5) is 29.1. The summed E-state index contributed by atoms with van der Waals surface area (Å²) in [5.41, 5.74) is 2.35. The maximum atomic E-state index is 13.8. The van der Waals surface area contributed by atoms with E-state index in [4.69, 9.17) is 18.6 Å². The van der Waals surface area contributed by atoms with Crippen LogP contribution in [0, 0.1) is 6.92 Å². The van der Waals surface area contributed by atoms with Gasteiger partial charge in [0.15, 0.2) is 16.9 Å². The van der Waals surface area contributed by atoms with Crippen molar-refractivity contribution in [1.82, 2.24) is 4.90 Å². The first-order valence-corrected chi connectivity index (χ1v) is 12.4. The van der Waals surface area contributed by atoms with Gasteiger partial charge in [0.2, 0.25) is 5.76 Å². The molecule has 0 spiro atoms. The van der Waals surface area contributed by atoms with Gasteiger partial charge >= 0.3 is 0 Å². The molecular weight excluding hydrogens is 446 g/mol. The fourth-order valence-corrected chi connectivity index (χ4v) is 4.97. The number of carbonyl (C=O) groups is 1. The molecule has 3 heterocycles. The molecule has 2 unspecified atom stereocenters. The number of hydrogen-bond acceptors (Lipinski definition) is 6. The molecule has 7 heteroatoms. The second-order valence-corrected chi connectivity index (χ2v) is 9.16. The second kappa shape index (κ2) is 9.74. The third-order valence-electron chi connectivity index (χ3n) is 6.59. The lowest BCUT2D eigenvalue weighted by atomic mass is 9.97. The second-order valence-electron chi connectivity index (χ2n) is 9.16. The summed E-state index contributed by atoms with van der Waals surface area (Å²) >= 11 is 0. The van der Waals surface area contributed by atoms with E-state index in [-0.39, 0.29) is 23.2 Å². The first-order valence-electron chi connectivity index (χ1n) is 12.4. The number of aryl methyl sites for hydroxylation is 1. The Balaban J connectivity index is 1.66. The number of rotatable bonds is 8. The van der Waals surface area contributed by atoms with Crippen LogP contribution in [0.5, 0.6) is 11.5 Å². The van der Waals surface area contributed by atoms with Crippen LogP contribution < -0.4 is 14.9 Å². The number of benzene rings is 2. The Kier molecular flexibility index (Phi) is 6.52. The van der Waals surface area contributed by atoms with E-state index < -0.39 is 6.04 Å². The van der Waals surface area contributed by atoms with Crippen LogP contribution in [-0.2, 0) is 4.74 Å². The van der Waals surface area contributed by atoms with Gasteiger partial charge in [-0.2, -0.15) is 0 Å². The van der Waals surface area contributed by atoms with Crippen molar-refractivity contribution >= 4 is 16.9 Å². The summed E-state index contributed by atoms with van der Waals surface area (Å²) < 4.78 is 23.7. The summed E-state index contributed by atoms with van der Waals surface area (Å²) in [6.45, 7) is 8.01. The molecule has 1 fully saturated rings. The maximum Gasteiger partial charge on any atom is 0.291 e. The van der Waals surface area contributed by atoms with E-state index in [0.29, 0.717) is 54.4 Å². The number of hydrogen-bond donors (Lipinski definition) is 0. The first-order chi connectivity index (χ1) is 17.0. The van der Waals surface area contributed by atoms with Crippen LogP contribution >= 0.6 is 0 Å². The number of ether oxygens (including phenoxy) is 3. The zero-order valence-electron chi connectivity index (χ0n) is 20.5. The first kappa shape index (κ1) is 23.4. The zero-order valence-corrected chi connectivity index (χ0v) is 20.5. The number of amides is 1. The molecule has 35 heavy (non-hydrogen) atoms. The van der Waals surface area contributed by atoms with E-state index in [0.717, 1.165) is 30.4 Å². The van der Waals surface area contributed by atoms with Crippen molar-refractivity contribution in [2.75, 3.05) is 26.4 Å². The molecule has 2 aromatic carbocycles. The highest BCUT2D eigenvalue weighted by molar-refractivity contribution is 5.99. The summed E-state index contributed by atoms with van der Waals surface area (Å²) in [6.07, 6.45) is 2.65. The Morgan fingerprint density at radius 3 is 2.66 bits per heavy atom. The van der Waals surface area contributed by atoms with Crippen molar-refractivity contribution in [2.24, 2.45) is 0 Å². The van der Waals surface area contributed by atoms with Gasteiger partial charge in [0.1, 0.15) is 5.58 Å². The summed E-state index contributed by atoms with van der Waals surface area (Å²) in [5, 5.41) is 0.480. The average molecular weight is 478 g/mol. The van der Waals surface area contributed by atoms with Gasteiger partial charge in [-0.3, -0.25) is 9.59 Å². The number of fused-ring (bicyclic) bond motifs is 2. The standard InChI is InChI=1S/C28H31NO6/c1-4-12-34-22-11-9-18(15-23(22)32-5-2)25-24-26(30)20-14-17(3)8-10-21(20)35-27(24)28(31)29(25)16-19-7-6-13-33-19/h8-11,14-15,19,25H,4-7,12-13,16H2,1-3H3. The Morgan fingerprint density at radius 2 is 1.91 bits per heavy atom. The van der Waals surface area contributed by atoms with E-state index in [1.165, 1.54) is 0 Å². The van der Waals surface area contributed by atoms with E-state index in [1.54, 1.807) is 11.0 Å². The molecule has 0 bridgehead atoms. The summed E-state index contributed by atoms with van der Waals surface area (Å²) in [6, 6.07) is 10.5. The molecule has 1 amide bonds. The van der Waals surface area contributed by atoms with Crippen LogP contribution in [0.2, 0.25) is 0 Å². The van der Waals surface area contributed by atoms with Gasteiger partial charge in [0.05, 0.1) is 36.3 Å². The maximum absolute atomic E-state index is 13.8. The molecule has 2 aliphatic rings. The molecular formula is C28H31NO6. The van der Waals surface area contributed by atoms with E-state index >= 15 is 0 Å². The average Bonchev–Trinajstić information content (AvgIpc) is 3.46. The third-order valence-corrected chi connectivity index (χ3v) is 6.59. The molecule has 0 aliphatic carbocycles. The molecule has 0 radical (unpaired) electrons. The zero-order chi connectivity index (χ0) is 24.5. The van der Waals surface area contributed by atoms with Gasteiger partial charge in [0, 0.05) is 13.2 Å². The number of nitrogens with zero attached hydrogens (tertiary/aromatic N) is 1.